The monoisotopic (exact) mass is 284 g/mol. The lowest BCUT2D eigenvalue weighted by molar-refractivity contribution is 0.459. The highest BCUT2D eigenvalue weighted by Crippen LogP contribution is 2.23. The Hall–Kier alpha value is -1.87. The summed E-state index contributed by atoms with van der Waals surface area (Å²) >= 11 is 0. The van der Waals surface area contributed by atoms with E-state index in [0.29, 0.717) is 11.9 Å². The van der Waals surface area contributed by atoms with Crippen molar-refractivity contribution < 1.29 is 4.74 Å². The molecular formula is C18H24N2O. The minimum Gasteiger partial charge on any atom is -0.439 e. The van der Waals surface area contributed by atoms with Gasteiger partial charge in [0.25, 0.3) is 0 Å². The summed E-state index contributed by atoms with van der Waals surface area (Å²) in [5.74, 6) is 1.49. The molecule has 0 amide bonds. The Balaban J connectivity index is 2.19. The Labute approximate surface area is 127 Å². The topological polar surface area (TPSA) is 34.1 Å². The molecule has 1 aromatic heterocycles. The second kappa shape index (κ2) is 6.72. The molecule has 112 valence electrons. The van der Waals surface area contributed by atoms with Crippen molar-refractivity contribution in [3.8, 4) is 11.6 Å². The van der Waals surface area contributed by atoms with Crippen LogP contribution in [-0.4, -0.2) is 11.0 Å². The lowest BCUT2D eigenvalue weighted by Gasteiger charge is -2.11. The molecular weight excluding hydrogens is 260 g/mol. The van der Waals surface area contributed by atoms with Crippen molar-refractivity contribution in [3.63, 3.8) is 0 Å². The van der Waals surface area contributed by atoms with E-state index in [2.05, 4.69) is 50.1 Å². The molecule has 0 saturated heterocycles. The lowest BCUT2D eigenvalue weighted by Crippen LogP contribution is -2.21. The Morgan fingerprint density at radius 3 is 2.29 bits per heavy atom. The summed E-state index contributed by atoms with van der Waals surface area (Å²) < 4.78 is 5.93. The quantitative estimate of drug-likeness (QED) is 0.889. The minimum absolute atomic E-state index is 0.460. The zero-order chi connectivity index (χ0) is 15.4. The van der Waals surface area contributed by atoms with Crippen LogP contribution in [-0.2, 0) is 6.54 Å². The summed E-state index contributed by atoms with van der Waals surface area (Å²) in [6, 6.07) is 10.7. The smallest absolute Gasteiger partial charge is 0.219 e. The number of benzene rings is 1. The van der Waals surface area contributed by atoms with Gasteiger partial charge in [-0.2, -0.15) is 0 Å². The highest BCUT2D eigenvalue weighted by atomic mass is 16.5. The highest BCUT2D eigenvalue weighted by molar-refractivity contribution is 5.36. The third-order valence-electron chi connectivity index (χ3n) is 3.12. The third-order valence-corrected chi connectivity index (χ3v) is 3.12. The van der Waals surface area contributed by atoms with Crippen molar-refractivity contribution in [1.82, 2.24) is 10.3 Å². The average Bonchev–Trinajstić information content (AvgIpc) is 2.34. The second-order valence-corrected chi connectivity index (χ2v) is 5.92. The fourth-order valence-corrected chi connectivity index (χ4v) is 2.30. The van der Waals surface area contributed by atoms with Crippen LogP contribution in [0.5, 0.6) is 11.6 Å². The van der Waals surface area contributed by atoms with Crippen LogP contribution in [0.1, 0.15) is 36.2 Å². The van der Waals surface area contributed by atoms with Gasteiger partial charge < -0.3 is 10.1 Å². The fourth-order valence-electron chi connectivity index (χ4n) is 2.30. The number of aryl methyl sites for hydroxylation is 3. The van der Waals surface area contributed by atoms with Gasteiger partial charge in [-0.3, -0.25) is 0 Å². The van der Waals surface area contributed by atoms with E-state index in [1.165, 1.54) is 16.7 Å². The van der Waals surface area contributed by atoms with Crippen LogP contribution >= 0.6 is 0 Å². The molecule has 0 aliphatic carbocycles. The van der Waals surface area contributed by atoms with E-state index in [9.17, 15) is 0 Å². The zero-order valence-corrected chi connectivity index (χ0v) is 13.5. The van der Waals surface area contributed by atoms with Crippen LogP contribution in [0.2, 0.25) is 0 Å². The number of nitrogens with one attached hydrogen (secondary N) is 1. The summed E-state index contributed by atoms with van der Waals surface area (Å²) in [7, 11) is 0. The van der Waals surface area contributed by atoms with Crippen LogP contribution in [0.4, 0.5) is 0 Å². The molecule has 3 heteroatoms. The van der Waals surface area contributed by atoms with Crippen molar-refractivity contribution in [1.29, 1.82) is 0 Å². The van der Waals surface area contributed by atoms with Gasteiger partial charge in [0.2, 0.25) is 5.88 Å². The predicted molar refractivity (Wildman–Crippen MR) is 86.9 cm³/mol. The van der Waals surface area contributed by atoms with Gasteiger partial charge in [-0.1, -0.05) is 19.9 Å². The van der Waals surface area contributed by atoms with Gasteiger partial charge in [0, 0.05) is 24.3 Å². The van der Waals surface area contributed by atoms with E-state index in [1.807, 2.05) is 25.1 Å². The molecule has 0 spiro atoms. The highest BCUT2D eigenvalue weighted by Gasteiger charge is 2.05. The van der Waals surface area contributed by atoms with Gasteiger partial charge in [0.1, 0.15) is 5.75 Å². The van der Waals surface area contributed by atoms with Crippen LogP contribution in [0.25, 0.3) is 0 Å². The predicted octanol–water partition coefficient (Wildman–Crippen LogP) is 4.30. The standard InChI is InChI=1S/C18H24N2O/c1-12(2)19-11-16-9-15(5)20-18(10-16)21-17-7-13(3)6-14(4)8-17/h6-10,12,19H,11H2,1-5H3. The number of aromatic nitrogens is 1. The van der Waals surface area contributed by atoms with Gasteiger partial charge in [-0.25, -0.2) is 4.98 Å². The molecule has 21 heavy (non-hydrogen) atoms. The fraction of sp³-hybridized carbons (Fsp3) is 0.389. The Kier molecular flexibility index (Phi) is 4.97. The van der Waals surface area contributed by atoms with E-state index in [1.54, 1.807) is 0 Å². The zero-order valence-electron chi connectivity index (χ0n) is 13.5. The van der Waals surface area contributed by atoms with Crippen LogP contribution in [0.3, 0.4) is 0 Å². The van der Waals surface area contributed by atoms with Crippen LogP contribution in [0, 0.1) is 20.8 Å². The SMILES string of the molecule is Cc1cc(C)cc(Oc2cc(CNC(C)C)cc(C)n2)c1. The maximum Gasteiger partial charge on any atom is 0.219 e. The average molecular weight is 284 g/mol. The normalized spacial score (nSPS) is 11.0. The first-order chi connectivity index (χ1) is 9.92. The van der Waals surface area contributed by atoms with Gasteiger partial charge in [0.15, 0.2) is 0 Å². The number of nitrogens with zero attached hydrogens (tertiary/aromatic N) is 1. The minimum atomic E-state index is 0.460. The molecule has 0 aliphatic heterocycles. The molecule has 0 unspecified atom stereocenters. The van der Waals surface area contributed by atoms with Crippen molar-refractivity contribution in [2.24, 2.45) is 0 Å². The summed E-state index contributed by atoms with van der Waals surface area (Å²) in [5.41, 5.74) is 4.55. The molecule has 1 aromatic carbocycles. The van der Waals surface area contributed by atoms with Crippen molar-refractivity contribution in [2.75, 3.05) is 0 Å². The first-order valence-corrected chi connectivity index (χ1v) is 7.39. The molecule has 0 radical (unpaired) electrons. The molecule has 2 rings (SSSR count). The van der Waals surface area contributed by atoms with Crippen LogP contribution in [0.15, 0.2) is 30.3 Å². The van der Waals surface area contributed by atoms with E-state index < -0.39 is 0 Å². The van der Waals surface area contributed by atoms with E-state index in [-0.39, 0.29) is 0 Å². The largest absolute Gasteiger partial charge is 0.439 e. The van der Waals surface area contributed by atoms with Crippen molar-refractivity contribution >= 4 is 0 Å². The van der Waals surface area contributed by atoms with Crippen molar-refractivity contribution in [3.05, 3.63) is 52.7 Å². The molecule has 1 heterocycles. The summed E-state index contributed by atoms with van der Waals surface area (Å²) in [6.07, 6.45) is 0. The maximum atomic E-state index is 5.93. The van der Waals surface area contributed by atoms with Crippen LogP contribution < -0.4 is 10.1 Å². The maximum absolute atomic E-state index is 5.93. The van der Waals surface area contributed by atoms with E-state index >= 15 is 0 Å². The van der Waals surface area contributed by atoms with Crippen molar-refractivity contribution in [2.45, 2.75) is 47.2 Å². The van der Waals surface area contributed by atoms with Gasteiger partial charge in [0.05, 0.1) is 0 Å². The first kappa shape index (κ1) is 15.5. The molecule has 3 nitrogen and oxygen atoms in total. The summed E-state index contributed by atoms with van der Waals surface area (Å²) in [5, 5.41) is 3.41. The van der Waals surface area contributed by atoms with E-state index in [0.717, 1.165) is 18.0 Å². The third kappa shape index (κ3) is 4.87. The molecule has 0 bridgehead atoms. The number of rotatable bonds is 5. The molecule has 0 atom stereocenters. The molecule has 0 aliphatic rings. The molecule has 0 fully saturated rings. The number of ether oxygens (including phenoxy) is 1. The lowest BCUT2D eigenvalue weighted by atomic mass is 10.1. The van der Waals surface area contributed by atoms with Gasteiger partial charge in [-0.05, 0) is 55.7 Å². The number of hydrogen-bond donors (Lipinski definition) is 1. The Bertz CT molecular complexity index is 600. The molecule has 2 aromatic rings. The summed E-state index contributed by atoms with van der Waals surface area (Å²) in [4.78, 5) is 4.47. The van der Waals surface area contributed by atoms with E-state index in [4.69, 9.17) is 4.74 Å². The Morgan fingerprint density at radius 2 is 1.67 bits per heavy atom. The summed E-state index contributed by atoms with van der Waals surface area (Å²) in [6.45, 7) is 11.2. The van der Waals surface area contributed by atoms with Gasteiger partial charge >= 0.3 is 0 Å². The first-order valence-electron chi connectivity index (χ1n) is 7.39. The van der Waals surface area contributed by atoms with Gasteiger partial charge in [-0.15, -0.1) is 0 Å². The number of hydrogen-bond acceptors (Lipinski definition) is 3. The molecule has 1 N–H and O–H groups in total. The molecule has 0 saturated carbocycles. The Morgan fingerprint density at radius 1 is 1.00 bits per heavy atom. The number of pyridine rings is 1. The second-order valence-electron chi connectivity index (χ2n) is 5.92.